The fourth-order valence-corrected chi connectivity index (χ4v) is 3.41. The molecule has 1 N–H and O–H groups in total. The van der Waals surface area contributed by atoms with Crippen molar-refractivity contribution in [3.8, 4) is 5.75 Å². The predicted octanol–water partition coefficient (Wildman–Crippen LogP) is 5.09. The third-order valence-electron chi connectivity index (χ3n) is 4.58. The minimum absolute atomic E-state index is 0.143. The zero-order chi connectivity index (χ0) is 23.0. The number of amides is 2. The Morgan fingerprint density at radius 1 is 1.13 bits per heavy atom. The normalized spacial score (nSPS) is 11.8. The number of benzene rings is 2. The zero-order valence-corrected chi connectivity index (χ0v) is 19.3. The van der Waals surface area contributed by atoms with Crippen LogP contribution in [0, 0.1) is 11.7 Å². The van der Waals surface area contributed by atoms with Crippen LogP contribution in [0.4, 0.5) is 4.39 Å². The molecule has 2 aromatic rings. The molecule has 2 aromatic carbocycles. The first-order valence-corrected chi connectivity index (χ1v) is 10.9. The van der Waals surface area contributed by atoms with Crippen LogP contribution >= 0.6 is 23.2 Å². The molecule has 0 radical (unpaired) electrons. The maximum Gasteiger partial charge on any atom is 0.261 e. The lowest BCUT2D eigenvalue weighted by Crippen LogP contribution is -2.50. The van der Waals surface area contributed by atoms with Crippen LogP contribution in [0.2, 0.25) is 10.0 Å². The molecule has 0 aliphatic rings. The summed E-state index contributed by atoms with van der Waals surface area (Å²) in [6.07, 6.45) is 0.415. The maximum atomic E-state index is 13.3. The molecule has 0 saturated carbocycles. The number of carbonyl (C=O) groups excluding carboxylic acids is 2. The standard InChI is InChI=1S/C23H27Cl2FN2O3/c1-4-20(23(30)27-12-15(2)3)28(13-16-5-8-18(26)9-6-16)22(29)14-31-21-10-7-17(24)11-19(21)25/h5-11,15,20H,4,12-14H2,1-3H3,(H,27,30). The Labute approximate surface area is 192 Å². The molecule has 0 fully saturated rings. The van der Waals surface area contributed by atoms with Gasteiger partial charge in [0, 0.05) is 18.1 Å². The zero-order valence-electron chi connectivity index (χ0n) is 17.8. The molecular formula is C23H27Cl2FN2O3. The number of ether oxygens (including phenoxy) is 1. The Hall–Kier alpha value is -2.31. The number of hydrogen-bond acceptors (Lipinski definition) is 3. The van der Waals surface area contributed by atoms with Crippen LogP contribution < -0.4 is 10.1 Å². The van der Waals surface area contributed by atoms with Gasteiger partial charge >= 0.3 is 0 Å². The molecule has 0 bridgehead atoms. The molecule has 0 aromatic heterocycles. The number of nitrogens with one attached hydrogen (secondary N) is 1. The second-order valence-corrected chi connectivity index (χ2v) is 8.42. The highest BCUT2D eigenvalue weighted by atomic mass is 35.5. The number of halogens is 3. The van der Waals surface area contributed by atoms with E-state index in [1.807, 2.05) is 20.8 Å². The monoisotopic (exact) mass is 468 g/mol. The van der Waals surface area contributed by atoms with Crippen molar-refractivity contribution in [2.45, 2.75) is 39.8 Å². The van der Waals surface area contributed by atoms with Crippen LogP contribution in [0.1, 0.15) is 32.8 Å². The quantitative estimate of drug-likeness (QED) is 0.528. The summed E-state index contributed by atoms with van der Waals surface area (Å²) < 4.78 is 18.9. The van der Waals surface area contributed by atoms with Gasteiger partial charge in [0.15, 0.2) is 6.61 Å². The summed E-state index contributed by atoms with van der Waals surface area (Å²) in [6.45, 7) is 6.16. The van der Waals surface area contributed by atoms with Gasteiger partial charge in [-0.25, -0.2) is 4.39 Å². The molecule has 31 heavy (non-hydrogen) atoms. The molecule has 0 aliphatic heterocycles. The molecule has 8 heteroatoms. The Morgan fingerprint density at radius 3 is 2.39 bits per heavy atom. The third-order valence-corrected chi connectivity index (χ3v) is 5.11. The number of carbonyl (C=O) groups is 2. The van der Waals surface area contributed by atoms with Crippen LogP contribution in [-0.2, 0) is 16.1 Å². The van der Waals surface area contributed by atoms with Gasteiger partial charge in [0.2, 0.25) is 5.91 Å². The van der Waals surface area contributed by atoms with E-state index in [1.54, 1.807) is 24.3 Å². The molecule has 0 aliphatic carbocycles. The SMILES string of the molecule is CCC(C(=O)NCC(C)C)N(Cc1ccc(F)cc1)C(=O)COc1ccc(Cl)cc1Cl. The van der Waals surface area contributed by atoms with E-state index in [1.165, 1.54) is 23.1 Å². The van der Waals surface area contributed by atoms with Gasteiger partial charge in [0.05, 0.1) is 5.02 Å². The summed E-state index contributed by atoms with van der Waals surface area (Å²) >= 11 is 12.0. The van der Waals surface area contributed by atoms with Crippen LogP contribution in [0.5, 0.6) is 5.75 Å². The highest BCUT2D eigenvalue weighted by molar-refractivity contribution is 6.35. The van der Waals surface area contributed by atoms with Gasteiger partial charge in [-0.15, -0.1) is 0 Å². The van der Waals surface area contributed by atoms with Crippen molar-refractivity contribution in [1.82, 2.24) is 10.2 Å². The van der Waals surface area contributed by atoms with Crippen molar-refractivity contribution in [2.75, 3.05) is 13.2 Å². The van der Waals surface area contributed by atoms with Gasteiger partial charge in [-0.05, 0) is 48.2 Å². The minimum atomic E-state index is -0.694. The molecule has 1 atom stereocenters. The van der Waals surface area contributed by atoms with Crippen molar-refractivity contribution in [3.63, 3.8) is 0 Å². The van der Waals surface area contributed by atoms with Crippen molar-refractivity contribution >= 4 is 35.0 Å². The Bertz CT molecular complexity index is 891. The summed E-state index contributed by atoms with van der Waals surface area (Å²) in [4.78, 5) is 27.3. The molecule has 5 nitrogen and oxygen atoms in total. The fraction of sp³-hybridized carbons (Fsp3) is 0.391. The van der Waals surface area contributed by atoms with Gasteiger partial charge in [-0.1, -0.05) is 56.1 Å². The molecule has 0 heterocycles. The number of rotatable bonds is 10. The van der Waals surface area contributed by atoms with Gasteiger partial charge in [0.1, 0.15) is 17.6 Å². The lowest BCUT2D eigenvalue weighted by molar-refractivity contribution is -0.143. The molecule has 0 spiro atoms. The molecular weight excluding hydrogens is 442 g/mol. The summed E-state index contributed by atoms with van der Waals surface area (Å²) in [5.41, 5.74) is 0.703. The van der Waals surface area contributed by atoms with E-state index in [9.17, 15) is 14.0 Å². The van der Waals surface area contributed by atoms with Crippen LogP contribution in [-0.4, -0.2) is 35.9 Å². The smallest absolute Gasteiger partial charge is 0.261 e. The molecule has 168 valence electrons. The fourth-order valence-electron chi connectivity index (χ4n) is 2.94. The van der Waals surface area contributed by atoms with Crippen molar-refractivity contribution in [2.24, 2.45) is 5.92 Å². The molecule has 1 unspecified atom stereocenters. The van der Waals surface area contributed by atoms with Gasteiger partial charge < -0.3 is 15.0 Å². The van der Waals surface area contributed by atoms with Crippen molar-refractivity contribution < 1.29 is 18.7 Å². The van der Waals surface area contributed by atoms with Crippen LogP contribution in [0.3, 0.4) is 0 Å². The summed E-state index contributed by atoms with van der Waals surface area (Å²) in [5.74, 6) is -0.404. The molecule has 2 amide bonds. The molecule has 2 rings (SSSR count). The van der Waals surface area contributed by atoms with Gasteiger partial charge in [-0.3, -0.25) is 9.59 Å². The van der Waals surface area contributed by atoms with Gasteiger partial charge in [-0.2, -0.15) is 0 Å². The molecule has 0 saturated heterocycles. The predicted molar refractivity (Wildman–Crippen MR) is 121 cm³/mol. The highest BCUT2D eigenvalue weighted by Crippen LogP contribution is 2.27. The largest absolute Gasteiger partial charge is 0.482 e. The first-order valence-electron chi connectivity index (χ1n) is 10.1. The Balaban J connectivity index is 2.20. The number of nitrogens with zero attached hydrogens (tertiary/aromatic N) is 1. The van der Waals surface area contributed by atoms with Crippen molar-refractivity contribution in [1.29, 1.82) is 0 Å². The van der Waals surface area contributed by atoms with E-state index in [0.717, 1.165) is 0 Å². The topological polar surface area (TPSA) is 58.6 Å². The first-order chi connectivity index (χ1) is 14.7. The summed E-state index contributed by atoms with van der Waals surface area (Å²) in [6, 6.07) is 9.83. The van der Waals surface area contributed by atoms with E-state index in [0.29, 0.717) is 29.3 Å². The summed E-state index contributed by atoms with van der Waals surface area (Å²) in [5, 5.41) is 3.62. The first kappa shape index (κ1) is 25.0. The Kier molecular flexibility index (Phi) is 9.59. The average Bonchev–Trinajstić information content (AvgIpc) is 2.72. The van der Waals surface area contributed by atoms with E-state index in [4.69, 9.17) is 27.9 Å². The van der Waals surface area contributed by atoms with E-state index >= 15 is 0 Å². The van der Waals surface area contributed by atoms with Crippen molar-refractivity contribution in [3.05, 3.63) is 63.9 Å². The van der Waals surface area contributed by atoms with E-state index in [2.05, 4.69) is 5.32 Å². The highest BCUT2D eigenvalue weighted by Gasteiger charge is 2.29. The lowest BCUT2D eigenvalue weighted by Gasteiger charge is -2.31. The average molecular weight is 469 g/mol. The summed E-state index contributed by atoms with van der Waals surface area (Å²) in [7, 11) is 0. The van der Waals surface area contributed by atoms with E-state index < -0.39 is 6.04 Å². The minimum Gasteiger partial charge on any atom is -0.482 e. The maximum absolute atomic E-state index is 13.3. The lowest BCUT2D eigenvalue weighted by atomic mass is 10.1. The number of hydrogen-bond donors (Lipinski definition) is 1. The van der Waals surface area contributed by atoms with Gasteiger partial charge in [0.25, 0.3) is 5.91 Å². The Morgan fingerprint density at radius 2 is 1.81 bits per heavy atom. The van der Waals surface area contributed by atoms with E-state index in [-0.39, 0.29) is 41.7 Å². The second-order valence-electron chi connectivity index (χ2n) is 7.57. The second kappa shape index (κ2) is 11.9. The third kappa shape index (κ3) is 7.71. The van der Waals surface area contributed by atoms with Crippen LogP contribution in [0.15, 0.2) is 42.5 Å². The van der Waals surface area contributed by atoms with Crippen LogP contribution in [0.25, 0.3) is 0 Å².